The topological polar surface area (TPSA) is 66.9 Å². The number of anilines is 1. The monoisotopic (exact) mass is 298 g/mol. The molecule has 0 radical (unpaired) electrons. The van der Waals surface area contributed by atoms with Crippen LogP contribution in [0.15, 0.2) is 0 Å². The minimum Gasteiger partial charge on any atom is -0.358 e. The van der Waals surface area contributed by atoms with Gasteiger partial charge in [-0.2, -0.15) is 0 Å². The van der Waals surface area contributed by atoms with Gasteiger partial charge >= 0.3 is 0 Å². The minimum absolute atomic E-state index is 0.0790. The Bertz CT molecular complexity index is 497. The summed E-state index contributed by atoms with van der Waals surface area (Å²) in [5.74, 6) is 1.19. The van der Waals surface area contributed by atoms with Gasteiger partial charge in [0.05, 0.1) is 0 Å². The smallest absolute Gasteiger partial charge is 0.242 e. The molecule has 0 aliphatic carbocycles. The van der Waals surface area contributed by atoms with Crippen molar-refractivity contribution >= 4 is 23.3 Å². The molecule has 20 heavy (non-hydrogen) atoms. The van der Waals surface area contributed by atoms with Crippen molar-refractivity contribution in [1.29, 1.82) is 0 Å². The molecule has 0 bridgehead atoms. The van der Waals surface area contributed by atoms with E-state index in [2.05, 4.69) is 20.6 Å². The average molecular weight is 299 g/mol. The number of rotatable bonds is 4. The van der Waals surface area contributed by atoms with E-state index in [4.69, 9.17) is 11.6 Å². The summed E-state index contributed by atoms with van der Waals surface area (Å²) in [6.45, 7) is 11.4. The first-order valence-electron chi connectivity index (χ1n) is 6.75. The molecule has 1 aromatic heterocycles. The number of nitrogens with zero attached hydrogens (tertiary/aromatic N) is 2. The number of hydrogen-bond acceptors (Lipinski definition) is 4. The lowest BCUT2D eigenvalue weighted by Gasteiger charge is -2.24. The predicted molar refractivity (Wildman–Crippen MR) is 82.1 cm³/mol. The van der Waals surface area contributed by atoms with E-state index in [0.717, 1.165) is 5.56 Å². The zero-order chi connectivity index (χ0) is 15.5. The summed E-state index contributed by atoms with van der Waals surface area (Å²) in [6.07, 6.45) is 0.692. The van der Waals surface area contributed by atoms with E-state index in [1.165, 1.54) is 0 Å². The van der Waals surface area contributed by atoms with Crippen molar-refractivity contribution in [2.24, 2.45) is 0 Å². The highest BCUT2D eigenvalue weighted by atomic mass is 35.5. The minimum atomic E-state index is -0.399. The molecular formula is C14H23ClN4O. The number of aromatic nitrogens is 2. The van der Waals surface area contributed by atoms with Gasteiger partial charge in [-0.1, -0.05) is 18.5 Å². The maximum atomic E-state index is 12.1. The Kier molecular flexibility index (Phi) is 5.34. The Morgan fingerprint density at radius 1 is 1.35 bits per heavy atom. The van der Waals surface area contributed by atoms with E-state index in [-0.39, 0.29) is 11.4 Å². The van der Waals surface area contributed by atoms with Crippen LogP contribution in [-0.2, 0) is 11.2 Å². The van der Waals surface area contributed by atoms with Crippen LogP contribution in [0.5, 0.6) is 0 Å². The van der Waals surface area contributed by atoms with E-state index in [0.29, 0.717) is 23.2 Å². The lowest BCUT2D eigenvalue weighted by atomic mass is 10.1. The van der Waals surface area contributed by atoms with Gasteiger partial charge in [-0.3, -0.25) is 4.79 Å². The molecule has 112 valence electrons. The summed E-state index contributed by atoms with van der Waals surface area (Å²) in [4.78, 5) is 20.6. The Labute approximate surface area is 125 Å². The van der Waals surface area contributed by atoms with Crippen molar-refractivity contribution in [2.45, 2.75) is 59.5 Å². The molecule has 6 heteroatoms. The SMILES string of the molecule is CCc1nc(Cl)c(C)c(NC(C)C(=O)NC(C)(C)C)n1. The second kappa shape index (κ2) is 6.39. The van der Waals surface area contributed by atoms with Crippen LogP contribution in [-0.4, -0.2) is 27.5 Å². The largest absolute Gasteiger partial charge is 0.358 e. The van der Waals surface area contributed by atoms with Crippen molar-refractivity contribution in [3.8, 4) is 0 Å². The first-order chi connectivity index (χ1) is 9.14. The van der Waals surface area contributed by atoms with Gasteiger partial charge < -0.3 is 10.6 Å². The molecule has 0 aliphatic rings. The second-order valence-electron chi connectivity index (χ2n) is 5.86. The molecule has 0 fully saturated rings. The Morgan fingerprint density at radius 3 is 2.45 bits per heavy atom. The molecule has 1 rings (SSSR count). The molecule has 0 aromatic carbocycles. The van der Waals surface area contributed by atoms with E-state index in [1.807, 2.05) is 34.6 Å². The lowest BCUT2D eigenvalue weighted by molar-refractivity contribution is -0.122. The Balaban J connectivity index is 2.87. The molecule has 0 aliphatic heterocycles. The number of carbonyl (C=O) groups excluding carboxylic acids is 1. The standard InChI is InChI=1S/C14H23ClN4O/c1-7-10-17-11(15)8(2)12(18-10)16-9(3)13(20)19-14(4,5)6/h9H,7H2,1-6H3,(H,19,20)(H,16,17,18). The molecule has 0 saturated heterocycles. The lowest BCUT2D eigenvalue weighted by Crippen LogP contribution is -2.47. The summed E-state index contributed by atoms with van der Waals surface area (Å²) in [7, 11) is 0. The third-order valence-corrected chi connectivity index (χ3v) is 3.06. The molecule has 0 saturated carbocycles. The third-order valence-electron chi connectivity index (χ3n) is 2.69. The number of halogens is 1. The molecule has 0 spiro atoms. The molecule has 5 nitrogen and oxygen atoms in total. The molecule has 1 heterocycles. The number of nitrogens with one attached hydrogen (secondary N) is 2. The summed E-state index contributed by atoms with van der Waals surface area (Å²) in [6, 6.07) is -0.399. The van der Waals surface area contributed by atoms with Gasteiger partial charge in [0.2, 0.25) is 5.91 Å². The molecule has 1 amide bonds. The van der Waals surface area contributed by atoms with Crippen LogP contribution in [0.3, 0.4) is 0 Å². The number of aryl methyl sites for hydroxylation is 1. The van der Waals surface area contributed by atoms with Crippen molar-refractivity contribution in [1.82, 2.24) is 15.3 Å². The fourth-order valence-corrected chi connectivity index (χ4v) is 1.77. The van der Waals surface area contributed by atoms with Gasteiger partial charge in [-0.25, -0.2) is 9.97 Å². The van der Waals surface area contributed by atoms with Crippen LogP contribution in [0.2, 0.25) is 5.15 Å². The highest BCUT2D eigenvalue weighted by Gasteiger charge is 2.20. The fourth-order valence-electron chi connectivity index (χ4n) is 1.58. The van der Waals surface area contributed by atoms with E-state index in [9.17, 15) is 4.79 Å². The van der Waals surface area contributed by atoms with Crippen molar-refractivity contribution in [2.75, 3.05) is 5.32 Å². The van der Waals surface area contributed by atoms with Crippen LogP contribution in [0.25, 0.3) is 0 Å². The molecule has 1 atom stereocenters. The van der Waals surface area contributed by atoms with Gasteiger partial charge in [0.15, 0.2) is 0 Å². The molecule has 2 N–H and O–H groups in total. The molecule has 1 unspecified atom stereocenters. The van der Waals surface area contributed by atoms with Gasteiger partial charge in [0, 0.05) is 17.5 Å². The van der Waals surface area contributed by atoms with Crippen molar-refractivity contribution in [3.63, 3.8) is 0 Å². The Morgan fingerprint density at radius 2 is 1.95 bits per heavy atom. The zero-order valence-corrected chi connectivity index (χ0v) is 13.7. The van der Waals surface area contributed by atoms with E-state index in [1.54, 1.807) is 6.92 Å². The second-order valence-corrected chi connectivity index (χ2v) is 6.22. The third kappa shape index (κ3) is 4.63. The number of carbonyl (C=O) groups is 1. The van der Waals surface area contributed by atoms with Crippen molar-refractivity contribution in [3.05, 3.63) is 16.5 Å². The van der Waals surface area contributed by atoms with Gasteiger partial charge in [-0.05, 0) is 34.6 Å². The van der Waals surface area contributed by atoms with Crippen LogP contribution in [0.1, 0.15) is 46.0 Å². The zero-order valence-electron chi connectivity index (χ0n) is 13.0. The normalized spacial score (nSPS) is 12.9. The van der Waals surface area contributed by atoms with Crippen LogP contribution in [0, 0.1) is 6.92 Å². The number of hydrogen-bond donors (Lipinski definition) is 2. The quantitative estimate of drug-likeness (QED) is 0.839. The first kappa shape index (κ1) is 16.7. The highest BCUT2D eigenvalue weighted by molar-refractivity contribution is 6.30. The molecule has 1 aromatic rings. The van der Waals surface area contributed by atoms with Gasteiger partial charge in [0.25, 0.3) is 0 Å². The van der Waals surface area contributed by atoms with Crippen LogP contribution >= 0.6 is 11.6 Å². The summed E-state index contributed by atoms with van der Waals surface area (Å²) in [5.41, 5.74) is 0.485. The maximum Gasteiger partial charge on any atom is 0.242 e. The first-order valence-corrected chi connectivity index (χ1v) is 7.13. The molecular weight excluding hydrogens is 276 g/mol. The Hall–Kier alpha value is -1.36. The van der Waals surface area contributed by atoms with Gasteiger partial charge in [-0.15, -0.1) is 0 Å². The van der Waals surface area contributed by atoms with E-state index >= 15 is 0 Å². The van der Waals surface area contributed by atoms with E-state index < -0.39 is 6.04 Å². The maximum absolute atomic E-state index is 12.1. The van der Waals surface area contributed by atoms with Crippen LogP contribution < -0.4 is 10.6 Å². The van der Waals surface area contributed by atoms with Crippen LogP contribution in [0.4, 0.5) is 5.82 Å². The highest BCUT2D eigenvalue weighted by Crippen LogP contribution is 2.20. The number of amides is 1. The average Bonchev–Trinajstić information content (AvgIpc) is 2.32. The summed E-state index contributed by atoms with van der Waals surface area (Å²) in [5, 5.41) is 6.44. The van der Waals surface area contributed by atoms with Gasteiger partial charge in [0.1, 0.15) is 22.8 Å². The predicted octanol–water partition coefficient (Wildman–Crippen LogP) is 2.72. The summed E-state index contributed by atoms with van der Waals surface area (Å²) >= 11 is 6.08. The summed E-state index contributed by atoms with van der Waals surface area (Å²) < 4.78 is 0. The van der Waals surface area contributed by atoms with Crippen molar-refractivity contribution < 1.29 is 4.79 Å². The fraction of sp³-hybridized carbons (Fsp3) is 0.643.